The molecular weight excluding hydrogens is 305 g/mol. The molecule has 1 amide bonds. The molecule has 22 heavy (non-hydrogen) atoms. The number of thiophene rings is 1. The second kappa shape index (κ2) is 5.79. The van der Waals surface area contributed by atoms with Crippen molar-refractivity contribution >= 4 is 23.1 Å². The largest absolute Gasteiger partial charge is 0.338 e. The third-order valence-corrected chi connectivity index (χ3v) is 3.59. The molecule has 1 N–H and O–H groups in total. The highest BCUT2D eigenvalue weighted by Crippen LogP contribution is 2.24. The second-order valence-corrected chi connectivity index (χ2v) is 5.13. The molecule has 0 aliphatic rings. The predicted molar refractivity (Wildman–Crippen MR) is 78.9 cm³/mol. The van der Waals surface area contributed by atoms with Crippen molar-refractivity contribution in [1.29, 1.82) is 5.26 Å². The molecule has 0 aliphatic carbocycles. The molecule has 3 rings (SSSR count). The summed E-state index contributed by atoms with van der Waals surface area (Å²) < 4.78 is 18.8. The number of anilines is 1. The molecule has 0 saturated carbocycles. The molecule has 3 aromatic rings. The van der Waals surface area contributed by atoms with Crippen LogP contribution < -0.4 is 5.32 Å². The van der Waals surface area contributed by atoms with E-state index in [4.69, 9.17) is 9.78 Å². The van der Waals surface area contributed by atoms with Crippen LogP contribution in [0.5, 0.6) is 0 Å². The van der Waals surface area contributed by atoms with Crippen LogP contribution in [0.15, 0.2) is 45.6 Å². The van der Waals surface area contributed by atoms with Crippen LogP contribution in [0, 0.1) is 17.1 Å². The van der Waals surface area contributed by atoms with Gasteiger partial charge in [0, 0.05) is 17.0 Å². The van der Waals surface area contributed by atoms with Crippen molar-refractivity contribution in [3.05, 3.63) is 58.0 Å². The van der Waals surface area contributed by atoms with Gasteiger partial charge >= 0.3 is 0 Å². The van der Waals surface area contributed by atoms with Crippen molar-refractivity contribution in [1.82, 2.24) is 5.16 Å². The molecule has 1 aromatic carbocycles. The zero-order valence-electron chi connectivity index (χ0n) is 11.0. The minimum absolute atomic E-state index is 0.120. The van der Waals surface area contributed by atoms with Gasteiger partial charge in [-0.3, -0.25) is 10.1 Å². The molecule has 0 aliphatic heterocycles. The molecule has 0 spiro atoms. The summed E-state index contributed by atoms with van der Waals surface area (Å²) in [6, 6.07) is 8.86. The number of hydrogen-bond donors (Lipinski definition) is 1. The molecule has 0 unspecified atom stereocenters. The first-order valence-electron chi connectivity index (χ1n) is 6.17. The van der Waals surface area contributed by atoms with Gasteiger partial charge in [0.05, 0.1) is 17.2 Å². The Hall–Kier alpha value is -2.98. The predicted octanol–water partition coefficient (Wildman–Crippen LogP) is 3.67. The lowest BCUT2D eigenvalue weighted by molar-refractivity contribution is 0.102. The van der Waals surface area contributed by atoms with Crippen molar-refractivity contribution in [3.63, 3.8) is 0 Å². The number of aromatic nitrogens is 1. The van der Waals surface area contributed by atoms with Crippen molar-refractivity contribution in [3.8, 4) is 17.3 Å². The number of benzene rings is 1. The van der Waals surface area contributed by atoms with Crippen molar-refractivity contribution < 1.29 is 13.7 Å². The van der Waals surface area contributed by atoms with Crippen LogP contribution >= 0.6 is 11.3 Å². The molecule has 5 nitrogen and oxygen atoms in total. The van der Waals surface area contributed by atoms with Gasteiger partial charge in [0.25, 0.3) is 5.91 Å². The van der Waals surface area contributed by atoms with Gasteiger partial charge in [-0.25, -0.2) is 4.39 Å². The maximum atomic E-state index is 13.8. The first kappa shape index (κ1) is 14.0. The van der Waals surface area contributed by atoms with E-state index in [2.05, 4.69) is 10.5 Å². The number of carbonyl (C=O) groups excluding carboxylic acids is 1. The number of rotatable bonds is 3. The van der Waals surface area contributed by atoms with Crippen molar-refractivity contribution in [2.75, 3.05) is 5.32 Å². The monoisotopic (exact) mass is 313 g/mol. The highest BCUT2D eigenvalue weighted by atomic mass is 32.1. The average Bonchev–Trinajstić information content (AvgIpc) is 3.17. The van der Waals surface area contributed by atoms with Gasteiger partial charge in [0.15, 0.2) is 0 Å². The number of nitrogens with one attached hydrogen (secondary N) is 1. The summed E-state index contributed by atoms with van der Waals surface area (Å²) in [5, 5.41) is 18.7. The van der Waals surface area contributed by atoms with E-state index in [1.807, 2.05) is 16.8 Å². The maximum absolute atomic E-state index is 13.8. The lowest BCUT2D eigenvalue weighted by Gasteiger charge is -2.02. The molecule has 108 valence electrons. The summed E-state index contributed by atoms with van der Waals surface area (Å²) in [5.41, 5.74) is 1.43. The standard InChI is InChI=1S/C15H8FN3O2S/c16-12-5-9(7-17)1-2-11(12)15(20)18-14-6-13(19-21-14)10-3-4-22-8-10/h1-6,8H,(H,18,20). The van der Waals surface area contributed by atoms with E-state index in [0.717, 1.165) is 11.6 Å². The molecule has 2 heterocycles. The normalized spacial score (nSPS) is 10.2. The van der Waals surface area contributed by atoms with E-state index < -0.39 is 11.7 Å². The lowest BCUT2D eigenvalue weighted by Crippen LogP contribution is -2.13. The van der Waals surface area contributed by atoms with Crippen LogP contribution in [0.4, 0.5) is 10.3 Å². The van der Waals surface area contributed by atoms with Gasteiger partial charge in [0.2, 0.25) is 5.88 Å². The number of nitriles is 1. The maximum Gasteiger partial charge on any atom is 0.261 e. The SMILES string of the molecule is N#Cc1ccc(C(=O)Nc2cc(-c3ccsc3)no2)c(F)c1. The smallest absolute Gasteiger partial charge is 0.261 e. The highest BCUT2D eigenvalue weighted by molar-refractivity contribution is 7.08. The zero-order chi connectivity index (χ0) is 15.5. The Morgan fingerprint density at radius 3 is 2.91 bits per heavy atom. The highest BCUT2D eigenvalue weighted by Gasteiger charge is 2.15. The second-order valence-electron chi connectivity index (χ2n) is 4.35. The minimum Gasteiger partial charge on any atom is -0.338 e. The van der Waals surface area contributed by atoms with Gasteiger partial charge < -0.3 is 4.52 Å². The Bertz CT molecular complexity index is 865. The molecule has 0 saturated heterocycles. The molecule has 0 bridgehead atoms. The summed E-state index contributed by atoms with van der Waals surface area (Å²) >= 11 is 1.51. The summed E-state index contributed by atoms with van der Waals surface area (Å²) in [4.78, 5) is 12.0. The summed E-state index contributed by atoms with van der Waals surface area (Å²) in [6.07, 6.45) is 0. The Labute approximate surface area is 128 Å². The molecule has 0 fully saturated rings. The zero-order valence-corrected chi connectivity index (χ0v) is 11.9. The Morgan fingerprint density at radius 1 is 1.36 bits per heavy atom. The topological polar surface area (TPSA) is 78.9 Å². The Morgan fingerprint density at radius 2 is 2.23 bits per heavy atom. The van der Waals surface area contributed by atoms with Gasteiger partial charge in [0.1, 0.15) is 11.5 Å². The molecular formula is C15H8FN3O2S. The fourth-order valence-electron chi connectivity index (χ4n) is 1.83. The van der Waals surface area contributed by atoms with E-state index >= 15 is 0 Å². The number of hydrogen-bond acceptors (Lipinski definition) is 5. The van der Waals surface area contributed by atoms with Crippen LogP contribution in [0.3, 0.4) is 0 Å². The van der Waals surface area contributed by atoms with E-state index in [-0.39, 0.29) is 17.0 Å². The van der Waals surface area contributed by atoms with Gasteiger partial charge in [-0.2, -0.15) is 16.6 Å². The molecule has 0 atom stereocenters. The van der Waals surface area contributed by atoms with Crippen LogP contribution in [0.2, 0.25) is 0 Å². The van der Waals surface area contributed by atoms with Crippen LogP contribution in [0.1, 0.15) is 15.9 Å². The molecule has 7 heteroatoms. The number of carbonyl (C=O) groups is 1. The van der Waals surface area contributed by atoms with Crippen LogP contribution in [0.25, 0.3) is 11.3 Å². The number of amides is 1. The minimum atomic E-state index is -0.769. The van der Waals surface area contributed by atoms with Gasteiger partial charge in [-0.1, -0.05) is 5.16 Å². The van der Waals surface area contributed by atoms with Gasteiger partial charge in [-0.15, -0.1) is 0 Å². The lowest BCUT2D eigenvalue weighted by atomic mass is 10.1. The fraction of sp³-hybridized carbons (Fsp3) is 0. The van der Waals surface area contributed by atoms with E-state index in [0.29, 0.717) is 5.69 Å². The van der Waals surface area contributed by atoms with Crippen LogP contribution in [-0.4, -0.2) is 11.1 Å². The first-order chi connectivity index (χ1) is 10.7. The fourth-order valence-corrected chi connectivity index (χ4v) is 2.48. The number of nitrogens with zero attached hydrogens (tertiary/aromatic N) is 2. The average molecular weight is 313 g/mol. The Balaban J connectivity index is 1.79. The van der Waals surface area contributed by atoms with E-state index in [1.165, 1.54) is 23.5 Å². The third kappa shape index (κ3) is 2.73. The van der Waals surface area contributed by atoms with Crippen molar-refractivity contribution in [2.45, 2.75) is 0 Å². The van der Waals surface area contributed by atoms with Gasteiger partial charge in [-0.05, 0) is 29.6 Å². The summed E-state index contributed by atoms with van der Waals surface area (Å²) in [7, 11) is 0. The molecule has 2 aromatic heterocycles. The number of halogens is 1. The van der Waals surface area contributed by atoms with E-state index in [1.54, 1.807) is 12.1 Å². The summed E-state index contributed by atoms with van der Waals surface area (Å²) in [5.74, 6) is -1.32. The third-order valence-electron chi connectivity index (χ3n) is 2.91. The summed E-state index contributed by atoms with van der Waals surface area (Å²) in [6.45, 7) is 0. The quantitative estimate of drug-likeness (QED) is 0.800. The molecule has 0 radical (unpaired) electrons. The van der Waals surface area contributed by atoms with Crippen LogP contribution in [-0.2, 0) is 0 Å². The first-order valence-corrected chi connectivity index (χ1v) is 7.12. The van der Waals surface area contributed by atoms with E-state index in [9.17, 15) is 9.18 Å². The Kier molecular flexibility index (Phi) is 3.68. The van der Waals surface area contributed by atoms with Crippen molar-refractivity contribution in [2.24, 2.45) is 0 Å².